The Morgan fingerprint density at radius 1 is 0.933 bits per heavy atom. The van der Waals surface area contributed by atoms with E-state index in [0.29, 0.717) is 25.1 Å². The molecule has 0 N–H and O–H groups in total. The summed E-state index contributed by atoms with van der Waals surface area (Å²) >= 11 is 0. The Kier molecular flexibility index (Phi) is 6.99. The van der Waals surface area contributed by atoms with Crippen molar-refractivity contribution in [1.82, 2.24) is 14.7 Å². The highest BCUT2D eigenvalue weighted by atomic mass is 16.5. The number of carbonyl (C=O) groups excluding carboxylic acids is 1. The monoisotopic (exact) mass is 413 g/mol. The molecule has 2 saturated heterocycles. The largest absolute Gasteiger partial charge is 0.491 e. The maximum Gasteiger partial charge on any atom is 0.228 e. The van der Waals surface area contributed by atoms with Crippen molar-refractivity contribution in [2.45, 2.75) is 57.4 Å². The van der Waals surface area contributed by atoms with Gasteiger partial charge in [0.05, 0.1) is 12.0 Å². The second-order valence-corrected chi connectivity index (χ2v) is 9.74. The van der Waals surface area contributed by atoms with Gasteiger partial charge in [-0.15, -0.1) is 0 Å². The molecule has 1 aromatic carbocycles. The van der Waals surface area contributed by atoms with Crippen LogP contribution in [-0.2, 0) is 11.2 Å². The number of ether oxygens (including phenoxy) is 1. The molecule has 5 heteroatoms. The molecule has 3 aliphatic heterocycles. The summed E-state index contributed by atoms with van der Waals surface area (Å²) in [5.41, 5.74) is 1.13. The first kappa shape index (κ1) is 21.6. The molecular formula is C25H39N3O2. The van der Waals surface area contributed by atoms with E-state index in [1.807, 2.05) is 18.0 Å². The van der Waals surface area contributed by atoms with E-state index in [0.717, 1.165) is 57.4 Å². The molecule has 5 nitrogen and oxygen atoms in total. The molecule has 1 spiro atoms. The average molecular weight is 414 g/mol. The van der Waals surface area contributed by atoms with E-state index >= 15 is 0 Å². The van der Waals surface area contributed by atoms with E-state index in [1.165, 1.54) is 31.5 Å². The number of hydrogen-bond acceptors (Lipinski definition) is 4. The highest BCUT2D eigenvalue weighted by molar-refractivity contribution is 5.82. The number of para-hydroxylation sites is 1. The maximum absolute atomic E-state index is 13.6. The number of aryl methyl sites for hydroxylation is 1. The Hall–Kier alpha value is -1.59. The molecule has 1 aromatic rings. The van der Waals surface area contributed by atoms with E-state index < -0.39 is 0 Å². The lowest BCUT2D eigenvalue weighted by Crippen LogP contribution is -2.53. The van der Waals surface area contributed by atoms with E-state index in [2.05, 4.69) is 35.0 Å². The summed E-state index contributed by atoms with van der Waals surface area (Å²) in [5, 5.41) is 0. The Morgan fingerprint density at radius 2 is 1.67 bits per heavy atom. The molecule has 3 aliphatic rings. The van der Waals surface area contributed by atoms with Crippen LogP contribution in [-0.4, -0.2) is 80.1 Å². The van der Waals surface area contributed by atoms with Gasteiger partial charge in [0, 0.05) is 13.1 Å². The quantitative estimate of drug-likeness (QED) is 0.707. The van der Waals surface area contributed by atoms with Crippen LogP contribution in [0.2, 0.25) is 0 Å². The molecule has 0 saturated carbocycles. The van der Waals surface area contributed by atoms with Crippen LogP contribution in [0.25, 0.3) is 0 Å². The van der Waals surface area contributed by atoms with Gasteiger partial charge in [-0.1, -0.05) is 24.6 Å². The predicted molar refractivity (Wildman–Crippen MR) is 121 cm³/mol. The van der Waals surface area contributed by atoms with Gasteiger partial charge in [0.25, 0.3) is 0 Å². The predicted octanol–water partition coefficient (Wildman–Crippen LogP) is 3.43. The van der Waals surface area contributed by atoms with E-state index in [1.54, 1.807) is 0 Å². The first-order valence-electron chi connectivity index (χ1n) is 12.0. The van der Waals surface area contributed by atoms with Crippen LogP contribution < -0.4 is 4.74 Å². The Bertz CT molecular complexity index is 706. The SMILES string of the molecule is CN1CCC(N2CCC3(CCCCc4ccccc4OCCN(C)C3=O)CC2)CC1. The molecule has 0 aliphatic carbocycles. The van der Waals surface area contributed by atoms with Crippen LogP contribution in [0.3, 0.4) is 0 Å². The number of fused-ring (bicyclic) bond motifs is 1. The van der Waals surface area contributed by atoms with Crippen LogP contribution >= 0.6 is 0 Å². The number of hydrogen-bond donors (Lipinski definition) is 0. The highest BCUT2D eigenvalue weighted by Gasteiger charge is 2.43. The van der Waals surface area contributed by atoms with E-state index in [9.17, 15) is 4.79 Å². The second kappa shape index (κ2) is 9.69. The van der Waals surface area contributed by atoms with Crippen molar-refractivity contribution in [3.63, 3.8) is 0 Å². The molecule has 0 atom stereocenters. The van der Waals surface area contributed by atoms with Crippen LogP contribution in [0.4, 0.5) is 0 Å². The zero-order chi connectivity index (χ0) is 21.0. The Morgan fingerprint density at radius 3 is 2.43 bits per heavy atom. The van der Waals surface area contributed by atoms with Crippen molar-refractivity contribution < 1.29 is 9.53 Å². The Balaban J connectivity index is 1.42. The third-order valence-electron chi connectivity index (χ3n) is 7.77. The number of amides is 1. The number of piperidine rings is 2. The first-order valence-corrected chi connectivity index (χ1v) is 12.0. The van der Waals surface area contributed by atoms with Crippen molar-refractivity contribution >= 4 is 5.91 Å². The van der Waals surface area contributed by atoms with E-state index in [-0.39, 0.29) is 5.41 Å². The fraction of sp³-hybridized carbons (Fsp3) is 0.720. The zero-order valence-electron chi connectivity index (χ0n) is 18.9. The summed E-state index contributed by atoms with van der Waals surface area (Å²) in [7, 11) is 4.19. The summed E-state index contributed by atoms with van der Waals surface area (Å²) in [6.45, 7) is 5.79. The number of likely N-dealkylation sites (N-methyl/N-ethyl adjacent to an activating group) is 1. The number of likely N-dealkylation sites (tertiary alicyclic amines) is 2. The van der Waals surface area contributed by atoms with Gasteiger partial charge >= 0.3 is 0 Å². The number of benzene rings is 1. The molecule has 1 amide bonds. The first-order chi connectivity index (χ1) is 14.6. The van der Waals surface area contributed by atoms with Crippen LogP contribution in [0.15, 0.2) is 24.3 Å². The summed E-state index contributed by atoms with van der Waals surface area (Å²) in [4.78, 5) is 20.6. The zero-order valence-corrected chi connectivity index (χ0v) is 18.9. The minimum absolute atomic E-state index is 0.171. The molecule has 30 heavy (non-hydrogen) atoms. The Labute approximate surface area is 182 Å². The maximum atomic E-state index is 13.6. The molecule has 0 unspecified atom stereocenters. The van der Waals surface area contributed by atoms with Gasteiger partial charge < -0.3 is 19.4 Å². The van der Waals surface area contributed by atoms with Crippen molar-refractivity contribution in [2.24, 2.45) is 5.41 Å². The van der Waals surface area contributed by atoms with Crippen LogP contribution in [0.1, 0.15) is 50.5 Å². The molecular weight excluding hydrogens is 374 g/mol. The molecule has 0 bridgehead atoms. The molecule has 4 rings (SSSR count). The molecule has 166 valence electrons. The lowest BCUT2D eigenvalue weighted by Gasteiger charge is -2.46. The molecule has 0 radical (unpaired) electrons. The molecule has 0 aromatic heterocycles. The summed E-state index contributed by atoms with van der Waals surface area (Å²) < 4.78 is 6.05. The third kappa shape index (κ3) is 4.83. The van der Waals surface area contributed by atoms with Crippen LogP contribution in [0, 0.1) is 5.41 Å². The fourth-order valence-corrected chi connectivity index (χ4v) is 5.68. The van der Waals surface area contributed by atoms with E-state index in [4.69, 9.17) is 4.74 Å². The lowest BCUT2D eigenvalue weighted by atomic mass is 9.72. The van der Waals surface area contributed by atoms with Crippen molar-refractivity contribution in [3.05, 3.63) is 29.8 Å². The van der Waals surface area contributed by atoms with Gasteiger partial charge in [0.2, 0.25) is 5.91 Å². The second-order valence-electron chi connectivity index (χ2n) is 9.74. The van der Waals surface area contributed by atoms with Crippen molar-refractivity contribution in [1.29, 1.82) is 0 Å². The van der Waals surface area contributed by atoms with Gasteiger partial charge in [-0.25, -0.2) is 0 Å². The van der Waals surface area contributed by atoms with Gasteiger partial charge in [-0.2, -0.15) is 0 Å². The lowest BCUT2D eigenvalue weighted by molar-refractivity contribution is -0.145. The van der Waals surface area contributed by atoms with Crippen molar-refractivity contribution in [2.75, 3.05) is 53.4 Å². The minimum Gasteiger partial charge on any atom is -0.491 e. The number of nitrogens with zero attached hydrogens (tertiary/aromatic N) is 3. The van der Waals surface area contributed by atoms with Crippen LogP contribution in [0.5, 0.6) is 5.75 Å². The topological polar surface area (TPSA) is 36.0 Å². The molecule has 3 heterocycles. The molecule has 2 fully saturated rings. The summed E-state index contributed by atoms with van der Waals surface area (Å²) in [5.74, 6) is 1.34. The number of rotatable bonds is 1. The smallest absolute Gasteiger partial charge is 0.228 e. The van der Waals surface area contributed by atoms with Gasteiger partial charge in [0.1, 0.15) is 12.4 Å². The standard InChI is InChI=1S/C25H39N3O2/c1-26-15-10-22(11-16-26)28-17-13-25(14-18-28)12-6-5-8-21-7-3-4-9-23(21)30-20-19-27(2)24(25)29/h3-4,7,9,22H,5-6,8,10-20H2,1-2H3. The minimum atomic E-state index is -0.171. The van der Waals surface area contributed by atoms with Gasteiger partial charge in [-0.3, -0.25) is 4.79 Å². The highest BCUT2D eigenvalue weighted by Crippen LogP contribution is 2.40. The van der Waals surface area contributed by atoms with Crippen molar-refractivity contribution in [3.8, 4) is 5.75 Å². The normalized spacial score (nSPS) is 25.3. The summed E-state index contributed by atoms with van der Waals surface area (Å²) in [6, 6.07) is 9.09. The summed E-state index contributed by atoms with van der Waals surface area (Å²) in [6.07, 6.45) is 8.88. The van der Waals surface area contributed by atoms with Gasteiger partial charge in [0.15, 0.2) is 0 Å². The fourth-order valence-electron chi connectivity index (χ4n) is 5.68. The average Bonchev–Trinajstić information content (AvgIpc) is 2.77. The third-order valence-corrected chi connectivity index (χ3v) is 7.77. The van der Waals surface area contributed by atoms with Gasteiger partial charge in [-0.05, 0) is 89.8 Å². The number of carbonyl (C=O) groups is 1.